The Labute approximate surface area is 142 Å². The molecular weight excluding hydrogens is 334 g/mol. The molecule has 128 valence electrons. The first kappa shape index (κ1) is 17.7. The van der Waals surface area contributed by atoms with Gasteiger partial charge >= 0.3 is 11.9 Å². The van der Waals surface area contributed by atoms with Crippen LogP contribution in [0.25, 0.3) is 0 Å². The lowest BCUT2D eigenvalue weighted by atomic mass is 10.1. The number of rotatable bonds is 5. The van der Waals surface area contributed by atoms with Crippen LogP contribution in [0.2, 0.25) is 0 Å². The van der Waals surface area contributed by atoms with Gasteiger partial charge in [-0.15, -0.1) is 11.3 Å². The third-order valence-electron chi connectivity index (χ3n) is 3.37. The highest BCUT2D eigenvalue weighted by atomic mass is 32.1. The van der Waals surface area contributed by atoms with Gasteiger partial charge in [-0.2, -0.15) is 5.10 Å². The first-order chi connectivity index (χ1) is 11.3. The molecule has 2 rings (SSSR count). The van der Waals surface area contributed by atoms with Gasteiger partial charge in [0, 0.05) is 18.1 Å². The molecule has 0 fully saturated rings. The van der Waals surface area contributed by atoms with Crippen molar-refractivity contribution in [2.24, 2.45) is 7.05 Å². The molecule has 0 aliphatic carbocycles. The fraction of sp³-hybridized carbons (Fsp3) is 0.333. The van der Waals surface area contributed by atoms with Crippen LogP contribution >= 0.6 is 11.3 Å². The summed E-state index contributed by atoms with van der Waals surface area (Å²) in [5.74, 6) is -2.48. The third-order valence-corrected chi connectivity index (χ3v) is 4.49. The number of hydrogen-bond acceptors (Lipinski definition) is 6. The van der Waals surface area contributed by atoms with E-state index in [9.17, 15) is 14.4 Å². The lowest BCUT2D eigenvalue weighted by Gasteiger charge is -2.06. The number of nitrogens with one attached hydrogen (secondary N) is 1. The van der Waals surface area contributed by atoms with Gasteiger partial charge < -0.3 is 15.2 Å². The van der Waals surface area contributed by atoms with Crippen molar-refractivity contribution in [2.75, 3.05) is 11.9 Å². The van der Waals surface area contributed by atoms with E-state index in [-0.39, 0.29) is 23.4 Å². The van der Waals surface area contributed by atoms with Gasteiger partial charge in [0.25, 0.3) is 5.91 Å². The van der Waals surface area contributed by atoms with Crippen molar-refractivity contribution in [1.29, 1.82) is 0 Å². The summed E-state index contributed by atoms with van der Waals surface area (Å²) < 4.78 is 6.26. The number of carboxylic acid groups (broad SMARTS) is 1. The second kappa shape index (κ2) is 6.83. The highest BCUT2D eigenvalue weighted by Gasteiger charge is 2.26. The van der Waals surface area contributed by atoms with Gasteiger partial charge in [0.2, 0.25) is 0 Å². The molecule has 0 saturated carbocycles. The van der Waals surface area contributed by atoms with E-state index in [0.29, 0.717) is 10.6 Å². The molecular formula is C15H17N3O5S. The van der Waals surface area contributed by atoms with Crippen LogP contribution in [0.1, 0.15) is 48.6 Å². The summed E-state index contributed by atoms with van der Waals surface area (Å²) in [5, 5.41) is 15.9. The van der Waals surface area contributed by atoms with Gasteiger partial charge in [-0.25, -0.2) is 9.59 Å². The second-order valence-corrected chi connectivity index (χ2v) is 6.26. The molecule has 9 heteroatoms. The summed E-state index contributed by atoms with van der Waals surface area (Å²) in [7, 11) is 1.52. The van der Waals surface area contributed by atoms with Gasteiger partial charge in [-0.3, -0.25) is 9.48 Å². The van der Waals surface area contributed by atoms with Crippen LogP contribution in [0.3, 0.4) is 0 Å². The molecule has 0 spiro atoms. The highest BCUT2D eigenvalue weighted by molar-refractivity contribution is 7.16. The van der Waals surface area contributed by atoms with Crippen molar-refractivity contribution >= 4 is 34.2 Å². The number of hydrogen-bond donors (Lipinski definition) is 2. The fourth-order valence-corrected chi connectivity index (χ4v) is 3.18. The molecule has 0 atom stereocenters. The topological polar surface area (TPSA) is 111 Å². The number of anilines is 1. The molecule has 0 bridgehead atoms. The zero-order valence-electron chi connectivity index (χ0n) is 13.7. The number of nitrogens with zero attached hydrogens (tertiary/aromatic N) is 2. The number of esters is 1. The maximum atomic E-state index is 12.4. The Bertz CT molecular complexity index is 821. The first-order valence-corrected chi connectivity index (χ1v) is 7.93. The molecule has 1 amide bonds. The fourth-order valence-electron chi connectivity index (χ4n) is 2.14. The maximum absolute atomic E-state index is 12.4. The van der Waals surface area contributed by atoms with Crippen LogP contribution in [0.4, 0.5) is 5.00 Å². The first-order valence-electron chi connectivity index (χ1n) is 7.11. The standard InChI is InChI=1S/C15H17N3O5S/c1-5-23-15(22)10-7(2)8(3)24-13(10)16-12(19)11-9(14(20)21)6-18(4)17-11/h6H,5H2,1-4H3,(H,16,19)(H,20,21). The Kier molecular flexibility index (Phi) is 5.03. The molecule has 2 N–H and O–H groups in total. The number of aromatic nitrogens is 2. The molecule has 0 unspecified atom stereocenters. The van der Waals surface area contributed by atoms with E-state index >= 15 is 0 Å². The van der Waals surface area contributed by atoms with Crippen LogP contribution in [-0.2, 0) is 11.8 Å². The lowest BCUT2D eigenvalue weighted by molar-refractivity contribution is 0.0526. The predicted octanol–water partition coefficient (Wildman–Crippen LogP) is 2.23. The minimum atomic E-state index is -1.25. The zero-order chi connectivity index (χ0) is 18.0. The van der Waals surface area contributed by atoms with Crippen molar-refractivity contribution in [2.45, 2.75) is 20.8 Å². The van der Waals surface area contributed by atoms with Crippen molar-refractivity contribution < 1.29 is 24.2 Å². The summed E-state index contributed by atoms with van der Waals surface area (Å²) in [6.07, 6.45) is 1.24. The summed E-state index contributed by atoms with van der Waals surface area (Å²) in [6, 6.07) is 0. The largest absolute Gasteiger partial charge is 0.478 e. The van der Waals surface area contributed by atoms with E-state index in [0.717, 1.165) is 4.88 Å². The number of amides is 1. The van der Waals surface area contributed by atoms with E-state index in [1.807, 2.05) is 6.92 Å². The Balaban J connectivity index is 2.38. The quantitative estimate of drug-likeness (QED) is 0.799. The van der Waals surface area contributed by atoms with Crippen molar-refractivity contribution in [3.05, 3.63) is 33.5 Å². The number of aromatic carboxylic acids is 1. The van der Waals surface area contributed by atoms with E-state index < -0.39 is 17.8 Å². The van der Waals surface area contributed by atoms with E-state index in [4.69, 9.17) is 9.84 Å². The van der Waals surface area contributed by atoms with Crippen LogP contribution in [0, 0.1) is 13.8 Å². The smallest absolute Gasteiger partial charge is 0.341 e. The molecule has 2 heterocycles. The monoisotopic (exact) mass is 351 g/mol. The molecule has 2 aromatic heterocycles. The number of ether oxygens (including phenoxy) is 1. The molecule has 0 radical (unpaired) electrons. The summed E-state index contributed by atoms with van der Waals surface area (Å²) in [6.45, 7) is 5.49. The molecule has 0 saturated heterocycles. The SMILES string of the molecule is CCOC(=O)c1c(NC(=O)c2nn(C)cc2C(=O)O)sc(C)c1C. The second-order valence-electron chi connectivity index (χ2n) is 5.03. The Morgan fingerprint density at radius 3 is 2.62 bits per heavy atom. The van der Waals surface area contributed by atoms with Gasteiger partial charge in [0.15, 0.2) is 5.69 Å². The average Bonchev–Trinajstić information content (AvgIpc) is 3.01. The van der Waals surface area contributed by atoms with Crippen LogP contribution in [0.15, 0.2) is 6.20 Å². The molecule has 0 aromatic carbocycles. The van der Waals surface area contributed by atoms with Crippen LogP contribution in [-0.4, -0.2) is 39.3 Å². The van der Waals surface area contributed by atoms with E-state index in [2.05, 4.69) is 10.4 Å². The number of carbonyl (C=O) groups is 3. The average molecular weight is 351 g/mol. The summed E-state index contributed by atoms with van der Waals surface area (Å²) in [4.78, 5) is 36.6. The van der Waals surface area contributed by atoms with Gasteiger partial charge in [0.1, 0.15) is 10.6 Å². The van der Waals surface area contributed by atoms with Crippen molar-refractivity contribution in [3.63, 3.8) is 0 Å². The molecule has 8 nitrogen and oxygen atoms in total. The number of thiophene rings is 1. The normalized spacial score (nSPS) is 10.5. The number of carbonyl (C=O) groups excluding carboxylic acids is 2. The number of aryl methyl sites for hydroxylation is 2. The van der Waals surface area contributed by atoms with E-state index in [1.54, 1.807) is 13.8 Å². The number of carboxylic acids is 1. The summed E-state index contributed by atoms with van der Waals surface area (Å²) >= 11 is 1.22. The zero-order valence-corrected chi connectivity index (χ0v) is 14.5. The van der Waals surface area contributed by atoms with Crippen molar-refractivity contribution in [1.82, 2.24) is 9.78 Å². The van der Waals surface area contributed by atoms with Crippen LogP contribution < -0.4 is 5.32 Å². The Morgan fingerprint density at radius 2 is 2.04 bits per heavy atom. The summed E-state index contributed by atoms with van der Waals surface area (Å²) in [5.41, 5.74) is 0.565. The van der Waals surface area contributed by atoms with Gasteiger partial charge in [0.05, 0.1) is 12.2 Å². The van der Waals surface area contributed by atoms with Crippen molar-refractivity contribution in [3.8, 4) is 0 Å². The van der Waals surface area contributed by atoms with Gasteiger partial charge in [-0.1, -0.05) is 0 Å². The Morgan fingerprint density at radius 1 is 1.38 bits per heavy atom. The predicted molar refractivity (Wildman–Crippen MR) is 87.9 cm³/mol. The lowest BCUT2D eigenvalue weighted by Crippen LogP contribution is -2.18. The maximum Gasteiger partial charge on any atom is 0.341 e. The Hall–Kier alpha value is -2.68. The third kappa shape index (κ3) is 3.30. The minimum Gasteiger partial charge on any atom is -0.478 e. The highest BCUT2D eigenvalue weighted by Crippen LogP contribution is 2.33. The van der Waals surface area contributed by atoms with Crippen LogP contribution in [0.5, 0.6) is 0 Å². The van der Waals surface area contributed by atoms with E-state index in [1.165, 1.54) is 29.3 Å². The van der Waals surface area contributed by atoms with Gasteiger partial charge in [-0.05, 0) is 26.3 Å². The molecule has 0 aliphatic rings. The molecule has 24 heavy (non-hydrogen) atoms. The molecule has 0 aliphatic heterocycles. The molecule has 2 aromatic rings. The minimum absolute atomic E-state index is 0.210.